The molecule has 27 heavy (non-hydrogen) atoms. The average Bonchev–Trinajstić information content (AvgIpc) is 3.00. The summed E-state index contributed by atoms with van der Waals surface area (Å²) in [6.45, 7) is 3.57. The summed E-state index contributed by atoms with van der Waals surface area (Å²) in [7, 11) is 1.58. The number of carbonyl (C=O) groups excluding carboxylic acids is 1. The van der Waals surface area contributed by atoms with Crippen LogP contribution in [0.25, 0.3) is 10.9 Å². The second-order valence-corrected chi connectivity index (χ2v) is 6.57. The standard InChI is InChI=1S/C20H20F3N3O/c1-12-8-14(20(21,22)23)9-13(2)16(12)10-17-15-5-7-26(11-19(27)24-3)18(15)4-6-25-17/h4-9H,10-11H2,1-3H3,(H,24,27). The molecular formula is C20H20F3N3O. The fraction of sp³-hybridized carbons (Fsp3) is 0.300. The number of pyridine rings is 1. The summed E-state index contributed by atoms with van der Waals surface area (Å²) in [5.74, 6) is -0.111. The summed E-state index contributed by atoms with van der Waals surface area (Å²) >= 11 is 0. The molecule has 0 fully saturated rings. The summed E-state index contributed by atoms with van der Waals surface area (Å²) < 4.78 is 40.8. The highest BCUT2D eigenvalue weighted by atomic mass is 19.4. The Morgan fingerprint density at radius 1 is 1.19 bits per heavy atom. The van der Waals surface area contributed by atoms with Crippen molar-refractivity contribution in [3.8, 4) is 0 Å². The summed E-state index contributed by atoms with van der Waals surface area (Å²) in [5, 5.41) is 3.48. The minimum absolute atomic E-state index is 0.111. The van der Waals surface area contributed by atoms with Crippen molar-refractivity contribution in [3.63, 3.8) is 0 Å². The Labute approximate surface area is 155 Å². The number of alkyl halides is 3. The monoisotopic (exact) mass is 375 g/mol. The lowest BCUT2D eigenvalue weighted by atomic mass is 9.94. The summed E-state index contributed by atoms with van der Waals surface area (Å²) in [5.41, 5.74) is 3.02. The van der Waals surface area contributed by atoms with Crippen molar-refractivity contribution in [2.75, 3.05) is 7.05 Å². The number of carbonyl (C=O) groups is 1. The van der Waals surface area contributed by atoms with Gasteiger partial charge in [-0.25, -0.2) is 0 Å². The number of halogens is 3. The third-order valence-corrected chi connectivity index (χ3v) is 4.74. The average molecular weight is 375 g/mol. The molecule has 4 nitrogen and oxygen atoms in total. The lowest BCUT2D eigenvalue weighted by Crippen LogP contribution is -2.22. The zero-order valence-corrected chi connectivity index (χ0v) is 15.3. The molecule has 0 unspecified atom stereocenters. The van der Waals surface area contributed by atoms with Gasteiger partial charge in [0.15, 0.2) is 0 Å². The molecular weight excluding hydrogens is 355 g/mol. The first-order valence-electron chi connectivity index (χ1n) is 8.51. The van der Waals surface area contributed by atoms with Crippen LogP contribution in [0.3, 0.4) is 0 Å². The highest BCUT2D eigenvalue weighted by Gasteiger charge is 2.31. The van der Waals surface area contributed by atoms with Gasteiger partial charge in [0.1, 0.15) is 6.54 Å². The predicted molar refractivity (Wildman–Crippen MR) is 97.5 cm³/mol. The van der Waals surface area contributed by atoms with E-state index in [1.54, 1.807) is 27.1 Å². The molecule has 0 saturated carbocycles. The van der Waals surface area contributed by atoms with E-state index in [2.05, 4.69) is 10.3 Å². The molecule has 0 saturated heterocycles. The van der Waals surface area contributed by atoms with Crippen LogP contribution in [0.1, 0.15) is 27.9 Å². The van der Waals surface area contributed by atoms with Gasteiger partial charge in [0.25, 0.3) is 0 Å². The summed E-state index contributed by atoms with van der Waals surface area (Å²) in [6.07, 6.45) is -0.454. The maximum atomic E-state index is 13.0. The summed E-state index contributed by atoms with van der Waals surface area (Å²) in [6, 6.07) is 6.07. The quantitative estimate of drug-likeness (QED) is 0.749. The zero-order chi connectivity index (χ0) is 19.8. The van der Waals surface area contributed by atoms with Crippen molar-refractivity contribution in [1.29, 1.82) is 0 Å². The van der Waals surface area contributed by atoms with Gasteiger partial charge in [-0.1, -0.05) is 0 Å². The van der Waals surface area contributed by atoms with Crippen LogP contribution in [-0.2, 0) is 23.9 Å². The van der Waals surface area contributed by atoms with Crippen LogP contribution >= 0.6 is 0 Å². The van der Waals surface area contributed by atoms with Crippen LogP contribution in [0.2, 0.25) is 0 Å². The van der Waals surface area contributed by atoms with Crippen molar-refractivity contribution in [2.24, 2.45) is 0 Å². The Balaban J connectivity index is 1.99. The number of aromatic nitrogens is 2. The van der Waals surface area contributed by atoms with Gasteiger partial charge in [-0.05, 0) is 54.8 Å². The van der Waals surface area contributed by atoms with Crippen LogP contribution in [0.4, 0.5) is 13.2 Å². The number of rotatable bonds is 4. The first-order valence-corrected chi connectivity index (χ1v) is 8.51. The molecule has 1 amide bonds. The minimum Gasteiger partial charge on any atom is -0.358 e. The fourth-order valence-electron chi connectivity index (χ4n) is 3.30. The van der Waals surface area contributed by atoms with Crippen LogP contribution in [0, 0.1) is 13.8 Å². The smallest absolute Gasteiger partial charge is 0.358 e. The molecule has 142 valence electrons. The van der Waals surface area contributed by atoms with Crippen molar-refractivity contribution >= 4 is 16.8 Å². The first kappa shape index (κ1) is 18.9. The van der Waals surface area contributed by atoms with Gasteiger partial charge in [-0.3, -0.25) is 9.78 Å². The zero-order valence-electron chi connectivity index (χ0n) is 15.3. The Morgan fingerprint density at radius 2 is 1.85 bits per heavy atom. The SMILES string of the molecule is CNC(=O)Cn1ccc2c(Cc3c(C)cc(C(F)(F)F)cc3C)nccc21. The van der Waals surface area contributed by atoms with Crippen LogP contribution in [0.5, 0.6) is 0 Å². The molecule has 0 bridgehead atoms. The normalized spacial score (nSPS) is 11.8. The lowest BCUT2D eigenvalue weighted by molar-refractivity contribution is -0.137. The number of hydrogen-bond acceptors (Lipinski definition) is 2. The number of benzene rings is 1. The van der Waals surface area contributed by atoms with Crippen LogP contribution in [0.15, 0.2) is 36.7 Å². The molecule has 7 heteroatoms. The van der Waals surface area contributed by atoms with E-state index >= 15 is 0 Å². The fourth-order valence-corrected chi connectivity index (χ4v) is 3.30. The number of hydrogen-bond donors (Lipinski definition) is 1. The molecule has 3 rings (SSSR count). The molecule has 2 aromatic heterocycles. The molecule has 0 radical (unpaired) electrons. The Hall–Kier alpha value is -2.83. The molecule has 1 aromatic carbocycles. The van der Waals surface area contributed by atoms with Crippen molar-refractivity contribution < 1.29 is 18.0 Å². The van der Waals surface area contributed by atoms with E-state index in [0.29, 0.717) is 17.5 Å². The molecule has 0 aliphatic heterocycles. The predicted octanol–water partition coefficient (Wildman–Crippen LogP) is 4.01. The van der Waals surface area contributed by atoms with Crippen LogP contribution in [-0.4, -0.2) is 22.5 Å². The van der Waals surface area contributed by atoms with Gasteiger partial charge in [0, 0.05) is 31.2 Å². The highest BCUT2D eigenvalue weighted by molar-refractivity contribution is 5.85. The molecule has 3 aromatic rings. The maximum Gasteiger partial charge on any atom is 0.416 e. The second kappa shape index (κ2) is 7.06. The van der Waals surface area contributed by atoms with Gasteiger partial charge in [0.2, 0.25) is 5.91 Å². The molecule has 2 heterocycles. The van der Waals surface area contributed by atoms with Crippen molar-refractivity contribution in [2.45, 2.75) is 33.0 Å². The van der Waals surface area contributed by atoms with Gasteiger partial charge in [-0.2, -0.15) is 13.2 Å². The van der Waals surface area contributed by atoms with Crippen LogP contribution < -0.4 is 5.32 Å². The molecule has 0 atom stereocenters. The Morgan fingerprint density at radius 3 is 2.44 bits per heavy atom. The van der Waals surface area contributed by atoms with E-state index < -0.39 is 11.7 Å². The van der Waals surface area contributed by atoms with E-state index in [-0.39, 0.29) is 12.5 Å². The highest BCUT2D eigenvalue weighted by Crippen LogP contribution is 2.33. The lowest BCUT2D eigenvalue weighted by Gasteiger charge is -2.15. The number of likely N-dealkylation sites (N-methyl/N-ethyl adjacent to an activating group) is 1. The maximum absolute atomic E-state index is 13.0. The number of aryl methyl sites for hydroxylation is 2. The van der Waals surface area contributed by atoms with Gasteiger partial charge < -0.3 is 9.88 Å². The third kappa shape index (κ3) is 3.82. The Kier molecular flexibility index (Phi) is 4.95. The second-order valence-electron chi connectivity index (χ2n) is 6.57. The van der Waals surface area contributed by atoms with Crippen molar-refractivity contribution in [3.05, 3.63) is 64.6 Å². The molecule has 0 aliphatic rings. The van der Waals surface area contributed by atoms with E-state index in [4.69, 9.17) is 0 Å². The molecule has 0 spiro atoms. The molecule has 0 aliphatic carbocycles. The number of fused-ring (bicyclic) bond motifs is 1. The third-order valence-electron chi connectivity index (χ3n) is 4.74. The van der Waals surface area contributed by atoms with Gasteiger partial charge in [0.05, 0.1) is 16.8 Å². The van der Waals surface area contributed by atoms with E-state index in [9.17, 15) is 18.0 Å². The Bertz CT molecular complexity index is 982. The van der Waals surface area contributed by atoms with E-state index in [1.165, 1.54) is 12.1 Å². The van der Waals surface area contributed by atoms with E-state index in [1.807, 2.05) is 22.9 Å². The van der Waals surface area contributed by atoms with E-state index in [0.717, 1.165) is 22.2 Å². The topological polar surface area (TPSA) is 46.9 Å². The number of nitrogens with zero attached hydrogens (tertiary/aromatic N) is 2. The minimum atomic E-state index is -4.36. The number of amides is 1. The number of nitrogens with one attached hydrogen (secondary N) is 1. The van der Waals surface area contributed by atoms with Gasteiger partial charge >= 0.3 is 6.18 Å². The first-order chi connectivity index (χ1) is 12.7. The summed E-state index contributed by atoms with van der Waals surface area (Å²) in [4.78, 5) is 16.1. The van der Waals surface area contributed by atoms with Crippen molar-refractivity contribution in [1.82, 2.24) is 14.9 Å². The largest absolute Gasteiger partial charge is 0.416 e. The molecule has 1 N–H and O–H groups in total. The van der Waals surface area contributed by atoms with Gasteiger partial charge in [-0.15, -0.1) is 0 Å².